The molecule has 3 rings (SSSR count). The van der Waals surface area contributed by atoms with Crippen molar-refractivity contribution in [2.75, 3.05) is 10.6 Å². The van der Waals surface area contributed by atoms with E-state index < -0.39 is 23.5 Å². The SMILES string of the molecule is O=C(Cc1ccc(F)cc1)Nc1cc(Nc2ccccc2CO)c(C(F)(F)F)cn1. The number of alkyl halides is 3. The molecule has 0 aliphatic heterocycles. The Morgan fingerprint density at radius 2 is 1.73 bits per heavy atom. The van der Waals surface area contributed by atoms with Crippen LogP contribution in [0.1, 0.15) is 16.7 Å². The number of aromatic nitrogens is 1. The highest BCUT2D eigenvalue weighted by molar-refractivity contribution is 5.92. The van der Waals surface area contributed by atoms with Crippen LogP contribution in [0.15, 0.2) is 60.8 Å². The average Bonchev–Trinajstić information content (AvgIpc) is 2.69. The predicted octanol–water partition coefficient (Wildman–Crippen LogP) is 4.66. The molecule has 156 valence electrons. The molecule has 0 radical (unpaired) electrons. The molecule has 2 aromatic carbocycles. The summed E-state index contributed by atoms with van der Waals surface area (Å²) in [4.78, 5) is 15.9. The minimum atomic E-state index is -4.68. The first kappa shape index (κ1) is 21.3. The lowest BCUT2D eigenvalue weighted by Crippen LogP contribution is -2.17. The highest BCUT2D eigenvalue weighted by Gasteiger charge is 2.34. The van der Waals surface area contributed by atoms with Crippen molar-refractivity contribution >= 4 is 23.1 Å². The minimum absolute atomic E-state index is 0.0842. The summed E-state index contributed by atoms with van der Waals surface area (Å²) >= 11 is 0. The molecule has 3 N–H and O–H groups in total. The minimum Gasteiger partial charge on any atom is -0.392 e. The molecule has 0 aliphatic carbocycles. The number of carbonyl (C=O) groups is 1. The fourth-order valence-electron chi connectivity index (χ4n) is 2.75. The van der Waals surface area contributed by atoms with Crippen LogP contribution in [0.3, 0.4) is 0 Å². The molecule has 0 saturated heterocycles. The van der Waals surface area contributed by atoms with E-state index in [4.69, 9.17) is 0 Å². The van der Waals surface area contributed by atoms with Crippen molar-refractivity contribution in [1.82, 2.24) is 4.98 Å². The fraction of sp³-hybridized carbons (Fsp3) is 0.143. The van der Waals surface area contributed by atoms with Gasteiger partial charge in [-0.2, -0.15) is 13.2 Å². The number of rotatable bonds is 6. The third-order valence-corrected chi connectivity index (χ3v) is 4.21. The van der Waals surface area contributed by atoms with Crippen molar-refractivity contribution in [3.05, 3.63) is 83.3 Å². The fourth-order valence-corrected chi connectivity index (χ4v) is 2.75. The van der Waals surface area contributed by atoms with E-state index in [1.165, 1.54) is 30.3 Å². The van der Waals surface area contributed by atoms with Crippen molar-refractivity contribution < 1.29 is 27.5 Å². The first-order chi connectivity index (χ1) is 14.3. The molecule has 5 nitrogen and oxygen atoms in total. The number of halogens is 4. The number of nitrogens with one attached hydrogen (secondary N) is 2. The Bertz CT molecular complexity index is 1040. The van der Waals surface area contributed by atoms with Gasteiger partial charge in [-0.3, -0.25) is 4.79 Å². The topological polar surface area (TPSA) is 74.2 Å². The number of nitrogens with zero attached hydrogens (tertiary/aromatic N) is 1. The molecule has 1 aromatic heterocycles. The Morgan fingerprint density at radius 3 is 2.40 bits per heavy atom. The van der Waals surface area contributed by atoms with E-state index in [0.29, 0.717) is 23.0 Å². The maximum Gasteiger partial charge on any atom is 0.419 e. The molecule has 30 heavy (non-hydrogen) atoms. The van der Waals surface area contributed by atoms with E-state index in [1.807, 2.05) is 0 Å². The van der Waals surface area contributed by atoms with E-state index in [-0.39, 0.29) is 24.5 Å². The maximum absolute atomic E-state index is 13.4. The Balaban J connectivity index is 1.85. The molecule has 9 heteroatoms. The summed E-state index contributed by atoms with van der Waals surface area (Å²) in [5.41, 5.74) is -0.108. The molecular weight excluding hydrogens is 402 g/mol. The quantitative estimate of drug-likeness (QED) is 0.509. The number of benzene rings is 2. The van der Waals surface area contributed by atoms with Crippen LogP contribution in [0.4, 0.5) is 34.8 Å². The van der Waals surface area contributed by atoms with Gasteiger partial charge in [-0.1, -0.05) is 30.3 Å². The van der Waals surface area contributed by atoms with Gasteiger partial charge in [0, 0.05) is 23.5 Å². The summed E-state index contributed by atoms with van der Waals surface area (Å²) in [6.45, 7) is -0.364. The van der Waals surface area contributed by atoms with E-state index in [1.54, 1.807) is 18.2 Å². The van der Waals surface area contributed by atoms with Gasteiger partial charge < -0.3 is 15.7 Å². The van der Waals surface area contributed by atoms with E-state index in [2.05, 4.69) is 15.6 Å². The number of hydrogen-bond acceptors (Lipinski definition) is 4. The van der Waals surface area contributed by atoms with Gasteiger partial charge in [0.05, 0.1) is 24.3 Å². The molecule has 0 unspecified atom stereocenters. The molecule has 0 fully saturated rings. The summed E-state index contributed by atoms with van der Waals surface area (Å²) < 4.78 is 53.2. The van der Waals surface area contributed by atoms with Gasteiger partial charge in [0.25, 0.3) is 0 Å². The van der Waals surface area contributed by atoms with Gasteiger partial charge in [-0.15, -0.1) is 0 Å². The standard InChI is InChI=1S/C21H17F4N3O2/c22-15-7-5-13(6-8-15)9-20(30)28-19-10-18(16(11-26-19)21(23,24)25)27-17-4-2-1-3-14(17)12-29/h1-8,10-11,29H,9,12H2,(H2,26,27,28,30). The van der Waals surface area contributed by atoms with E-state index in [9.17, 15) is 27.5 Å². The highest BCUT2D eigenvalue weighted by Crippen LogP contribution is 2.37. The lowest BCUT2D eigenvalue weighted by atomic mass is 10.1. The van der Waals surface area contributed by atoms with Crippen molar-refractivity contribution in [2.24, 2.45) is 0 Å². The highest BCUT2D eigenvalue weighted by atomic mass is 19.4. The number of hydrogen-bond donors (Lipinski definition) is 3. The molecule has 1 heterocycles. The summed E-state index contributed by atoms with van der Waals surface area (Å²) in [6.07, 6.45) is -4.16. The zero-order chi connectivity index (χ0) is 21.7. The third kappa shape index (κ3) is 5.32. The third-order valence-electron chi connectivity index (χ3n) is 4.21. The van der Waals surface area contributed by atoms with Crippen LogP contribution in [-0.4, -0.2) is 16.0 Å². The van der Waals surface area contributed by atoms with Crippen LogP contribution in [0.2, 0.25) is 0 Å². The van der Waals surface area contributed by atoms with E-state index in [0.717, 1.165) is 6.07 Å². The molecule has 0 atom stereocenters. The van der Waals surface area contributed by atoms with Crippen LogP contribution in [-0.2, 0) is 24.0 Å². The van der Waals surface area contributed by atoms with Crippen LogP contribution in [0, 0.1) is 5.82 Å². The Morgan fingerprint density at radius 1 is 1.03 bits per heavy atom. The van der Waals surface area contributed by atoms with Crippen molar-refractivity contribution in [2.45, 2.75) is 19.2 Å². The van der Waals surface area contributed by atoms with Crippen molar-refractivity contribution in [3.63, 3.8) is 0 Å². The van der Waals surface area contributed by atoms with Crippen molar-refractivity contribution in [1.29, 1.82) is 0 Å². The predicted molar refractivity (Wildman–Crippen MR) is 104 cm³/mol. The van der Waals surface area contributed by atoms with Gasteiger partial charge in [0.15, 0.2) is 0 Å². The molecular formula is C21H17F4N3O2. The van der Waals surface area contributed by atoms with Crippen LogP contribution in [0.25, 0.3) is 0 Å². The number of para-hydroxylation sites is 1. The van der Waals surface area contributed by atoms with Gasteiger partial charge in [0.1, 0.15) is 11.6 Å². The Labute approximate surface area is 169 Å². The number of amides is 1. The second-order valence-corrected chi connectivity index (χ2v) is 6.40. The molecule has 0 bridgehead atoms. The first-order valence-corrected chi connectivity index (χ1v) is 8.83. The first-order valence-electron chi connectivity index (χ1n) is 8.83. The summed E-state index contributed by atoms with van der Waals surface area (Å²) in [7, 11) is 0. The van der Waals surface area contributed by atoms with Gasteiger partial charge in [-0.25, -0.2) is 9.37 Å². The molecule has 1 amide bonds. The summed E-state index contributed by atoms with van der Waals surface area (Å²) in [6, 6.07) is 12.7. The molecule has 3 aromatic rings. The second-order valence-electron chi connectivity index (χ2n) is 6.40. The smallest absolute Gasteiger partial charge is 0.392 e. The second kappa shape index (κ2) is 8.91. The zero-order valence-corrected chi connectivity index (χ0v) is 15.5. The summed E-state index contributed by atoms with van der Waals surface area (Å²) in [5.74, 6) is -1.04. The summed E-state index contributed by atoms with van der Waals surface area (Å²) in [5, 5.41) is 14.5. The van der Waals surface area contributed by atoms with Crippen LogP contribution >= 0.6 is 0 Å². The maximum atomic E-state index is 13.4. The van der Waals surface area contributed by atoms with Crippen LogP contribution < -0.4 is 10.6 Å². The zero-order valence-electron chi connectivity index (χ0n) is 15.5. The Kier molecular flexibility index (Phi) is 6.31. The van der Waals surface area contributed by atoms with Gasteiger partial charge in [-0.05, 0) is 23.8 Å². The molecule has 0 aliphatic rings. The van der Waals surface area contributed by atoms with E-state index >= 15 is 0 Å². The number of pyridine rings is 1. The van der Waals surface area contributed by atoms with Crippen LogP contribution in [0.5, 0.6) is 0 Å². The number of carbonyl (C=O) groups excluding carboxylic acids is 1. The van der Waals surface area contributed by atoms with Crippen molar-refractivity contribution in [3.8, 4) is 0 Å². The number of aliphatic hydroxyl groups excluding tert-OH is 1. The lowest BCUT2D eigenvalue weighted by molar-refractivity contribution is -0.137. The monoisotopic (exact) mass is 419 g/mol. The largest absolute Gasteiger partial charge is 0.419 e. The molecule has 0 saturated carbocycles. The van der Waals surface area contributed by atoms with Gasteiger partial charge in [0.2, 0.25) is 5.91 Å². The molecule has 0 spiro atoms. The van der Waals surface area contributed by atoms with Gasteiger partial charge >= 0.3 is 6.18 Å². The lowest BCUT2D eigenvalue weighted by Gasteiger charge is -2.17. The number of anilines is 3. The Hall–Kier alpha value is -3.46. The average molecular weight is 419 g/mol. The number of aliphatic hydroxyl groups is 1. The normalized spacial score (nSPS) is 11.2.